The van der Waals surface area contributed by atoms with Gasteiger partial charge in [-0.1, -0.05) is 39.7 Å². The molecule has 4 aliphatic rings. The van der Waals surface area contributed by atoms with Gasteiger partial charge in [-0.3, -0.25) is 0 Å². The fraction of sp³-hybridized carbons (Fsp3) is 0.929. The average Bonchev–Trinajstić information content (AvgIpc) is 2.99. The molecule has 166 valence electrons. The summed E-state index contributed by atoms with van der Waals surface area (Å²) in [5.41, 5.74) is 2.77. The topological polar surface area (TPSA) is 20.2 Å². The lowest BCUT2D eigenvalue weighted by molar-refractivity contribution is -0.171. The molecule has 9 atom stereocenters. The molecule has 1 N–H and O–H groups in total. The average molecular weight is 401 g/mol. The summed E-state index contributed by atoms with van der Waals surface area (Å²) >= 11 is 0. The second-order valence-corrected chi connectivity index (χ2v) is 12.8. The highest BCUT2D eigenvalue weighted by Gasteiger charge is 2.63. The minimum atomic E-state index is -0.0469. The molecule has 1 nitrogen and oxygen atoms in total. The van der Waals surface area contributed by atoms with E-state index in [0.717, 1.165) is 42.4 Å². The number of rotatable bonds is 5. The van der Waals surface area contributed by atoms with E-state index in [4.69, 9.17) is 0 Å². The molecule has 0 aromatic carbocycles. The Balaban J connectivity index is 1.50. The maximum Gasteiger partial charge on any atom is 0.0545 e. The summed E-state index contributed by atoms with van der Waals surface area (Å²) in [6.07, 6.45) is 15.9. The summed E-state index contributed by atoms with van der Waals surface area (Å²) in [5, 5.41) is 10.4. The smallest absolute Gasteiger partial charge is 0.0545 e. The molecule has 9 unspecified atom stereocenters. The van der Waals surface area contributed by atoms with Crippen LogP contribution in [0, 0.1) is 45.8 Å². The van der Waals surface area contributed by atoms with Gasteiger partial charge in [0.25, 0.3) is 0 Å². The Kier molecular flexibility index (Phi) is 5.81. The zero-order valence-corrected chi connectivity index (χ0v) is 20.1. The van der Waals surface area contributed by atoms with Crippen LogP contribution in [0.5, 0.6) is 0 Å². The van der Waals surface area contributed by atoms with Crippen molar-refractivity contribution in [2.24, 2.45) is 45.8 Å². The highest BCUT2D eigenvalue weighted by Crippen LogP contribution is 2.71. The van der Waals surface area contributed by atoms with E-state index in [1.807, 2.05) is 0 Å². The highest BCUT2D eigenvalue weighted by molar-refractivity contribution is 5.12. The Morgan fingerprint density at radius 1 is 1.00 bits per heavy atom. The maximum atomic E-state index is 10.4. The molecule has 0 bridgehead atoms. The van der Waals surface area contributed by atoms with Crippen molar-refractivity contribution in [1.29, 1.82) is 0 Å². The van der Waals surface area contributed by atoms with E-state index < -0.39 is 0 Å². The Bertz CT molecular complexity index is 624. The van der Waals surface area contributed by atoms with Crippen molar-refractivity contribution >= 4 is 0 Å². The van der Waals surface area contributed by atoms with Gasteiger partial charge in [-0.15, -0.1) is 6.58 Å². The highest BCUT2D eigenvalue weighted by atomic mass is 16.3. The lowest BCUT2D eigenvalue weighted by atomic mass is 9.40. The number of aliphatic hydroxyl groups excluding tert-OH is 1. The molecule has 4 rings (SSSR count). The number of aliphatic hydroxyl groups is 1. The SMILES string of the molecule is C=C(C)CCCC(C)C1CCC2C3CCC4(C)CC(O)CCC4(C)C3CCC12C. The van der Waals surface area contributed by atoms with Gasteiger partial charge < -0.3 is 5.11 Å². The molecule has 0 amide bonds. The van der Waals surface area contributed by atoms with Crippen LogP contribution in [0.3, 0.4) is 0 Å². The van der Waals surface area contributed by atoms with Crippen molar-refractivity contribution in [3.8, 4) is 0 Å². The summed E-state index contributed by atoms with van der Waals surface area (Å²) in [4.78, 5) is 0. The van der Waals surface area contributed by atoms with E-state index in [1.165, 1.54) is 69.8 Å². The van der Waals surface area contributed by atoms with Crippen molar-refractivity contribution in [2.45, 2.75) is 118 Å². The van der Waals surface area contributed by atoms with Gasteiger partial charge >= 0.3 is 0 Å². The largest absolute Gasteiger partial charge is 0.393 e. The molecule has 0 aliphatic heterocycles. The summed E-state index contributed by atoms with van der Waals surface area (Å²) in [5.74, 6) is 4.63. The van der Waals surface area contributed by atoms with Crippen LogP contribution in [-0.2, 0) is 0 Å². The van der Waals surface area contributed by atoms with Gasteiger partial charge in [0.1, 0.15) is 0 Å². The molecule has 4 saturated carbocycles. The fourth-order valence-electron chi connectivity index (χ4n) is 9.51. The molecule has 1 heteroatoms. The van der Waals surface area contributed by atoms with Crippen LogP contribution < -0.4 is 0 Å². The Labute approximate surface area is 181 Å². The zero-order valence-electron chi connectivity index (χ0n) is 20.1. The molecule has 0 aromatic rings. The van der Waals surface area contributed by atoms with Crippen LogP contribution in [0.2, 0.25) is 0 Å². The van der Waals surface area contributed by atoms with E-state index >= 15 is 0 Å². The van der Waals surface area contributed by atoms with Crippen LogP contribution in [-0.4, -0.2) is 11.2 Å². The van der Waals surface area contributed by atoms with Gasteiger partial charge in [0.2, 0.25) is 0 Å². The summed E-state index contributed by atoms with van der Waals surface area (Å²) in [6, 6.07) is 0. The van der Waals surface area contributed by atoms with Gasteiger partial charge in [-0.25, -0.2) is 0 Å². The molecular weight excluding hydrogens is 352 g/mol. The third-order valence-corrected chi connectivity index (χ3v) is 11.4. The van der Waals surface area contributed by atoms with Gasteiger partial charge in [0, 0.05) is 0 Å². The summed E-state index contributed by atoms with van der Waals surface area (Å²) in [6.45, 7) is 16.7. The standard InChI is InChI=1S/C28H48O/c1-19(2)8-7-9-20(3)23-10-11-24-22-13-15-26(4)18-21(29)12-17-28(26,6)25(22)14-16-27(23,24)5/h20-25,29H,1,7-18H2,2-6H3. The van der Waals surface area contributed by atoms with Crippen LogP contribution >= 0.6 is 0 Å². The second-order valence-electron chi connectivity index (χ2n) is 12.8. The molecule has 4 aliphatic carbocycles. The van der Waals surface area contributed by atoms with E-state index in [-0.39, 0.29) is 6.10 Å². The molecule has 0 saturated heterocycles. The van der Waals surface area contributed by atoms with Gasteiger partial charge in [0.15, 0.2) is 0 Å². The fourth-order valence-corrected chi connectivity index (χ4v) is 9.51. The first-order valence-electron chi connectivity index (χ1n) is 12.9. The van der Waals surface area contributed by atoms with Crippen LogP contribution in [0.15, 0.2) is 12.2 Å². The predicted molar refractivity (Wildman–Crippen MR) is 124 cm³/mol. The first kappa shape index (κ1) is 21.9. The molecule has 0 aromatic heterocycles. The Morgan fingerprint density at radius 2 is 1.76 bits per heavy atom. The second kappa shape index (κ2) is 7.68. The monoisotopic (exact) mass is 400 g/mol. The summed E-state index contributed by atoms with van der Waals surface area (Å²) < 4.78 is 0. The molecule has 4 fully saturated rings. The Hall–Kier alpha value is -0.300. The lowest BCUT2D eigenvalue weighted by Crippen LogP contribution is -2.58. The molecule has 0 radical (unpaired) electrons. The number of fused-ring (bicyclic) bond motifs is 5. The molecule has 0 spiro atoms. The van der Waals surface area contributed by atoms with Crippen molar-refractivity contribution < 1.29 is 5.11 Å². The van der Waals surface area contributed by atoms with E-state index in [9.17, 15) is 5.11 Å². The molecular formula is C28H48O. The third-order valence-electron chi connectivity index (χ3n) is 11.4. The van der Waals surface area contributed by atoms with Crippen molar-refractivity contribution in [3.63, 3.8) is 0 Å². The van der Waals surface area contributed by atoms with Crippen LogP contribution in [0.4, 0.5) is 0 Å². The molecule has 29 heavy (non-hydrogen) atoms. The molecule has 0 heterocycles. The van der Waals surface area contributed by atoms with E-state index in [1.54, 1.807) is 0 Å². The van der Waals surface area contributed by atoms with Crippen molar-refractivity contribution in [2.75, 3.05) is 0 Å². The number of hydrogen-bond donors (Lipinski definition) is 1. The van der Waals surface area contributed by atoms with Crippen LogP contribution in [0.25, 0.3) is 0 Å². The normalized spacial score (nSPS) is 50.3. The first-order valence-corrected chi connectivity index (χ1v) is 12.9. The van der Waals surface area contributed by atoms with Crippen molar-refractivity contribution in [3.05, 3.63) is 12.2 Å². The maximum absolute atomic E-state index is 10.4. The first-order chi connectivity index (χ1) is 13.6. The third kappa shape index (κ3) is 3.46. The van der Waals surface area contributed by atoms with E-state index in [0.29, 0.717) is 16.2 Å². The van der Waals surface area contributed by atoms with Gasteiger partial charge in [0.05, 0.1) is 6.10 Å². The quantitative estimate of drug-likeness (QED) is 0.467. The predicted octanol–water partition coefficient (Wildman–Crippen LogP) is 7.78. The van der Waals surface area contributed by atoms with Gasteiger partial charge in [-0.05, 0) is 123 Å². The van der Waals surface area contributed by atoms with E-state index in [2.05, 4.69) is 41.2 Å². The Morgan fingerprint density at radius 3 is 2.48 bits per heavy atom. The lowest BCUT2D eigenvalue weighted by Gasteiger charge is -2.65. The minimum Gasteiger partial charge on any atom is -0.393 e. The van der Waals surface area contributed by atoms with Crippen LogP contribution in [0.1, 0.15) is 112 Å². The zero-order chi connectivity index (χ0) is 21.0. The van der Waals surface area contributed by atoms with Gasteiger partial charge in [-0.2, -0.15) is 0 Å². The number of allylic oxidation sites excluding steroid dienone is 1. The minimum absolute atomic E-state index is 0.0469. The summed E-state index contributed by atoms with van der Waals surface area (Å²) in [7, 11) is 0. The van der Waals surface area contributed by atoms with Crippen molar-refractivity contribution in [1.82, 2.24) is 0 Å². The number of hydrogen-bond acceptors (Lipinski definition) is 1.